The first-order valence-corrected chi connectivity index (χ1v) is 7.67. The molecule has 0 aliphatic heterocycles. The molecule has 0 amide bonds. The third-order valence-electron chi connectivity index (χ3n) is 3.26. The Morgan fingerprint density at radius 2 is 2.10 bits per heavy atom. The number of benzene rings is 1. The van der Waals surface area contributed by atoms with Gasteiger partial charge in [-0.05, 0) is 43.1 Å². The summed E-state index contributed by atoms with van der Waals surface area (Å²) >= 11 is 3.36. The first-order chi connectivity index (χ1) is 10.1. The molecule has 0 aliphatic carbocycles. The van der Waals surface area contributed by atoms with E-state index in [1.54, 1.807) is 18.3 Å². The van der Waals surface area contributed by atoms with Crippen LogP contribution in [0.5, 0.6) is 0 Å². The standard InChI is InChI=1S/C16H17BrF2N2/c1-2-6-21-16(13-5-7-20-10-15(13)19)8-11-3-4-12(18)9-14(11)17/h3-5,7,9-10,16,21H,2,6,8H2,1H3. The van der Waals surface area contributed by atoms with Crippen LogP contribution in [-0.4, -0.2) is 11.5 Å². The highest BCUT2D eigenvalue weighted by Gasteiger charge is 2.17. The van der Waals surface area contributed by atoms with Gasteiger partial charge >= 0.3 is 0 Å². The highest BCUT2D eigenvalue weighted by Crippen LogP contribution is 2.26. The highest BCUT2D eigenvalue weighted by atomic mass is 79.9. The van der Waals surface area contributed by atoms with E-state index in [2.05, 4.69) is 33.2 Å². The summed E-state index contributed by atoms with van der Waals surface area (Å²) in [5.74, 6) is -0.622. The lowest BCUT2D eigenvalue weighted by Gasteiger charge is -2.20. The minimum Gasteiger partial charge on any atom is -0.310 e. The monoisotopic (exact) mass is 354 g/mol. The summed E-state index contributed by atoms with van der Waals surface area (Å²) in [4.78, 5) is 3.78. The third kappa shape index (κ3) is 4.32. The summed E-state index contributed by atoms with van der Waals surface area (Å²) in [6, 6.07) is 6.07. The van der Waals surface area contributed by atoms with Crippen molar-refractivity contribution in [3.05, 3.63) is 63.9 Å². The average Bonchev–Trinajstić information content (AvgIpc) is 2.46. The fourth-order valence-electron chi connectivity index (χ4n) is 2.19. The molecular weight excluding hydrogens is 338 g/mol. The van der Waals surface area contributed by atoms with Crippen molar-refractivity contribution < 1.29 is 8.78 Å². The topological polar surface area (TPSA) is 24.9 Å². The van der Waals surface area contributed by atoms with Gasteiger partial charge in [0, 0.05) is 22.3 Å². The van der Waals surface area contributed by atoms with E-state index in [0.717, 1.165) is 18.5 Å². The summed E-state index contributed by atoms with van der Waals surface area (Å²) in [5, 5.41) is 3.33. The maximum atomic E-state index is 14.0. The van der Waals surface area contributed by atoms with Crippen LogP contribution in [0.4, 0.5) is 8.78 Å². The molecule has 0 saturated heterocycles. The second kappa shape index (κ2) is 7.61. The van der Waals surface area contributed by atoms with Gasteiger partial charge in [0.25, 0.3) is 0 Å². The number of hydrogen-bond donors (Lipinski definition) is 1. The fourth-order valence-corrected chi connectivity index (χ4v) is 2.70. The lowest BCUT2D eigenvalue weighted by molar-refractivity contribution is 0.494. The summed E-state index contributed by atoms with van der Waals surface area (Å²) < 4.78 is 27.8. The second-order valence-electron chi connectivity index (χ2n) is 4.84. The largest absolute Gasteiger partial charge is 0.310 e. The van der Waals surface area contributed by atoms with Crippen molar-refractivity contribution in [2.24, 2.45) is 0 Å². The van der Waals surface area contributed by atoms with Gasteiger partial charge in [0.15, 0.2) is 0 Å². The Labute approximate surface area is 131 Å². The van der Waals surface area contributed by atoms with Crippen molar-refractivity contribution in [1.82, 2.24) is 10.3 Å². The number of rotatable bonds is 6. The molecule has 1 aromatic carbocycles. The van der Waals surface area contributed by atoms with Crippen molar-refractivity contribution in [1.29, 1.82) is 0 Å². The predicted octanol–water partition coefficient (Wildman–Crippen LogP) is 4.41. The van der Waals surface area contributed by atoms with Gasteiger partial charge in [-0.2, -0.15) is 0 Å². The summed E-state index contributed by atoms with van der Waals surface area (Å²) in [6.07, 6.45) is 4.32. The molecule has 1 heterocycles. The SMILES string of the molecule is CCCNC(Cc1ccc(F)cc1Br)c1ccncc1F. The minimum atomic E-state index is -0.329. The average molecular weight is 355 g/mol. The van der Waals surface area contributed by atoms with Crippen LogP contribution in [0.1, 0.15) is 30.5 Å². The van der Waals surface area contributed by atoms with Crippen molar-refractivity contribution in [3.8, 4) is 0 Å². The molecule has 1 atom stereocenters. The van der Waals surface area contributed by atoms with Crippen LogP contribution in [0.15, 0.2) is 41.1 Å². The molecule has 1 aromatic heterocycles. The first-order valence-electron chi connectivity index (χ1n) is 6.88. The Hall–Kier alpha value is -1.33. The normalized spacial score (nSPS) is 12.4. The molecule has 21 heavy (non-hydrogen) atoms. The van der Waals surface area contributed by atoms with Gasteiger partial charge in [0.05, 0.1) is 6.20 Å². The van der Waals surface area contributed by atoms with E-state index < -0.39 is 0 Å². The molecule has 5 heteroatoms. The van der Waals surface area contributed by atoms with Crippen LogP contribution in [0, 0.1) is 11.6 Å². The van der Waals surface area contributed by atoms with Crippen LogP contribution >= 0.6 is 15.9 Å². The third-order valence-corrected chi connectivity index (χ3v) is 4.00. The van der Waals surface area contributed by atoms with Crippen LogP contribution in [0.25, 0.3) is 0 Å². The van der Waals surface area contributed by atoms with Gasteiger partial charge in [0.1, 0.15) is 11.6 Å². The van der Waals surface area contributed by atoms with Crippen LogP contribution in [0.3, 0.4) is 0 Å². The number of halogens is 3. The summed E-state index contributed by atoms with van der Waals surface area (Å²) in [7, 11) is 0. The molecule has 0 bridgehead atoms. The molecule has 0 fully saturated rings. The van der Waals surface area contributed by atoms with Crippen LogP contribution < -0.4 is 5.32 Å². The fraction of sp³-hybridized carbons (Fsp3) is 0.312. The maximum absolute atomic E-state index is 14.0. The van der Waals surface area contributed by atoms with Gasteiger partial charge in [-0.3, -0.25) is 4.98 Å². The number of pyridine rings is 1. The quantitative estimate of drug-likeness (QED) is 0.831. The zero-order chi connectivity index (χ0) is 15.2. The molecule has 0 aliphatic rings. The van der Waals surface area contributed by atoms with E-state index in [4.69, 9.17) is 0 Å². The van der Waals surface area contributed by atoms with Crippen molar-refractivity contribution >= 4 is 15.9 Å². The number of aromatic nitrogens is 1. The lowest BCUT2D eigenvalue weighted by atomic mass is 9.99. The molecule has 112 valence electrons. The molecule has 0 saturated carbocycles. The zero-order valence-corrected chi connectivity index (χ0v) is 13.3. The maximum Gasteiger partial charge on any atom is 0.146 e. The first kappa shape index (κ1) is 16.0. The van der Waals surface area contributed by atoms with Gasteiger partial charge in [0.2, 0.25) is 0 Å². The Balaban J connectivity index is 2.26. The summed E-state index contributed by atoms with van der Waals surface area (Å²) in [5.41, 5.74) is 1.51. The van der Waals surface area contributed by atoms with Gasteiger partial charge in [-0.25, -0.2) is 8.78 Å². The smallest absolute Gasteiger partial charge is 0.146 e. The number of hydrogen-bond acceptors (Lipinski definition) is 2. The van der Waals surface area contributed by atoms with Crippen molar-refractivity contribution in [3.63, 3.8) is 0 Å². The van der Waals surface area contributed by atoms with Gasteiger partial charge in [-0.15, -0.1) is 0 Å². The van der Waals surface area contributed by atoms with Gasteiger partial charge < -0.3 is 5.32 Å². The Morgan fingerprint density at radius 3 is 2.76 bits per heavy atom. The van der Waals surface area contributed by atoms with Crippen LogP contribution in [0.2, 0.25) is 0 Å². The molecule has 0 spiro atoms. The van der Waals surface area contributed by atoms with E-state index in [1.807, 2.05) is 0 Å². The van der Waals surface area contributed by atoms with E-state index >= 15 is 0 Å². The molecule has 1 N–H and O–H groups in total. The number of nitrogens with one attached hydrogen (secondary N) is 1. The zero-order valence-electron chi connectivity index (χ0n) is 11.7. The highest BCUT2D eigenvalue weighted by molar-refractivity contribution is 9.10. The lowest BCUT2D eigenvalue weighted by Crippen LogP contribution is -2.25. The van der Waals surface area contributed by atoms with Crippen molar-refractivity contribution in [2.45, 2.75) is 25.8 Å². The predicted molar refractivity (Wildman–Crippen MR) is 83.0 cm³/mol. The molecular formula is C16H17BrF2N2. The molecule has 0 radical (unpaired) electrons. The molecule has 2 aromatic rings. The molecule has 2 nitrogen and oxygen atoms in total. The summed E-state index contributed by atoms with van der Waals surface area (Å²) in [6.45, 7) is 2.84. The van der Waals surface area contributed by atoms with E-state index in [0.29, 0.717) is 16.5 Å². The van der Waals surface area contributed by atoms with E-state index in [-0.39, 0.29) is 17.7 Å². The van der Waals surface area contributed by atoms with E-state index in [9.17, 15) is 8.78 Å². The second-order valence-corrected chi connectivity index (χ2v) is 5.70. The molecule has 1 unspecified atom stereocenters. The molecule has 2 rings (SSSR count). The van der Waals surface area contributed by atoms with E-state index in [1.165, 1.54) is 18.3 Å². The van der Waals surface area contributed by atoms with Crippen LogP contribution in [-0.2, 0) is 6.42 Å². The Morgan fingerprint density at radius 1 is 1.29 bits per heavy atom. The Bertz CT molecular complexity index is 605. The Kier molecular flexibility index (Phi) is 5.82. The number of nitrogens with zero attached hydrogens (tertiary/aromatic N) is 1. The minimum absolute atomic E-state index is 0.172. The van der Waals surface area contributed by atoms with Crippen molar-refractivity contribution in [2.75, 3.05) is 6.54 Å². The van der Waals surface area contributed by atoms with Gasteiger partial charge in [-0.1, -0.05) is 28.9 Å².